The van der Waals surface area contributed by atoms with E-state index in [1.807, 2.05) is 13.8 Å². The fourth-order valence-electron chi connectivity index (χ4n) is 2.09. The second kappa shape index (κ2) is 7.69. The number of nitrogens with zero attached hydrogens (tertiary/aromatic N) is 2. The number of hydrogen-bond donors (Lipinski definition) is 1. The number of nitrogens with one attached hydrogen (secondary N) is 1. The van der Waals surface area contributed by atoms with Crippen LogP contribution in [0.1, 0.15) is 29.9 Å². The molecule has 0 aliphatic heterocycles. The molecule has 0 aliphatic rings. The van der Waals surface area contributed by atoms with Gasteiger partial charge in [-0.05, 0) is 30.3 Å². The lowest BCUT2D eigenvalue weighted by Gasteiger charge is -2.09. The summed E-state index contributed by atoms with van der Waals surface area (Å²) in [4.78, 5) is 16.4. The highest BCUT2D eigenvalue weighted by molar-refractivity contribution is 9.10. The summed E-state index contributed by atoms with van der Waals surface area (Å²) in [5, 5.41) is 2.45. The quantitative estimate of drug-likeness (QED) is 0.611. The zero-order chi connectivity index (χ0) is 18.6. The first kappa shape index (κ1) is 19.0. The van der Waals surface area contributed by atoms with E-state index in [9.17, 15) is 18.0 Å². The number of benzene rings is 1. The zero-order valence-electron chi connectivity index (χ0n) is 13.4. The number of carbonyl (C=O) groups is 1. The molecule has 0 saturated heterocycles. The first-order chi connectivity index (χ1) is 11.8. The van der Waals surface area contributed by atoms with Crippen LogP contribution in [-0.4, -0.2) is 15.3 Å². The average Bonchev–Trinajstić information content (AvgIpc) is 2.99. The van der Waals surface area contributed by atoms with Crippen LogP contribution in [0.5, 0.6) is 0 Å². The highest BCUT2D eigenvalue weighted by atomic mass is 79.9. The molecule has 0 fully saturated rings. The lowest BCUT2D eigenvalue weighted by atomic mass is 10.2. The SMILES string of the molecule is CC.O=C(Nc1cccc(C(F)(F)F)c1)c1cnc2cc(Br)ccn12. The normalized spacial score (nSPS) is 11.0. The number of rotatable bonds is 2. The van der Waals surface area contributed by atoms with Gasteiger partial charge in [-0.2, -0.15) is 13.2 Å². The number of pyridine rings is 1. The third kappa shape index (κ3) is 4.39. The molecule has 0 spiro atoms. The van der Waals surface area contributed by atoms with Crippen LogP contribution in [0, 0.1) is 0 Å². The first-order valence-corrected chi connectivity index (χ1v) is 8.25. The molecule has 0 radical (unpaired) electrons. The molecule has 132 valence electrons. The fraction of sp³-hybridized carbons (Fsp3) is 0.176. The van der Waals surface area contributed by atoms with Crippen molar-refractivity contribution < 1.29 is 18.0 Å². The second-order valence-corrected chi connectivity index (χ2v) is 5.66. The number of hydrogen-bond acceptors (Lipinski definition) is 2. The molecular formula is C17H15BrF3N3O. The Labute approximate surface area is 150 Å². The van der Waals surface area contributed by atoms with Gasteiger partial charge in [0.1, 0.15) is 11.3 Å². The van der Waals surface area contributed by atoms with Crippen LogP contribution in [0.4, 0.5) is 18.9 Å². The van der Waals surface area contributed by atoms with Gasteiger partial charge in [-0.3, -0.25) is 9.20 Å². The number of fused-ring (bicyclic) bond motifs is 1. The summed E-state index contributed by atoms with van der Waals surface area (Å²) in [5.41, 5.74) is 0.0211. The van der Waals surface area contributed by atoms with Gasteiger partial charge in [-0.25, -0.2) is 4.98 Å². The van der Waals surface area contributed by atoms with Gasteiger partial charge in [-0.15, -0.1) is 0 Å². The van der Waals surface area contributed by atoms with Gasteiger partial charge in [0.05, 0.1) is 11.8 Å². The second-order valence-electron chi connectivity index (χ2n) is 4.75. The van der Waals surface area contributed by atoms with Crippen LogP contribution in [0.25, 0.3) is 5.65 Å². The number of anilines is 1. The van der Waals surface area contributed by atoms with Crippen LogP contribution in [-0.2, 0) is 6.18 Å². The topological polar surface area (TPSA) is 46.4 Å². The highest BCUT2D eigenvalue weighted by Crippen LogP contribution is 2.30. The molecule has 2 heterocycles. The Kier molecular flexibility index (Phi) is 5.84. The van der Waals surface area contributed by atoms with Crippen molar-refractivity contribution in [3.8, 4) is 0 Å². The van der Waals surface area contributed by atoms with Crippen molar-refractivity contribution >= 4 is 33.2 Å². The molecular weight excluding hydrogens is 399 g/mol. The van der Waals surface area contributed by atoms with E-state index in [2.05, 4.69) is 26.2 Å². The fourth-order valence-corrected chi connectivity index (χ4v) is 2.42. The van der Waals surface area contributed by atoms with E-state index < -0.39 is 17.6 Å². The zero-order valence-corrected chi connectivity index (χ0v) is 15.0. The molecule has 3 rings (SSSR count). The van der Waals surface area contributed by atoms with Gasteiger partial charge >= 0.3 is 6.18 Å². The van der Waals surface area contributed by atoms with Crippen molar-refractivity contribution in [1.29, 1.82) is 0 Å². The molecule has 2 aromatic heterocycles. The summed E-state index contributed by atoms with van der Waals surface area (Å²) in [6, 6.07) is 7.92. The summed E-state index contributed by atoms with van der Waals surface area (Å²) >= 11 is 3.30. The van der Waals surface area contributed by atoms with E-state index in [1.165, 1.54) is 18.3 Å². The number of imidazole rings is 1. The molecule has 25 heavy (non-hydrogen) atoms. The maximum atomic E-state index is 12.7. The Balaban J connectivity index is 0.00000109. The molecule has 4 nitrogen and oxygen atoms in total. The predicted octanol–water partition coefficient (Wildman–Crippen LogP) is 5.39. The van der Waals surface area contributed by atoms with Crippen molar-refractivity contribution in [3.05, 3.63) is 64.5 Å². The standard InChI is InChI=1S/C15H9BrF3N3O.C2H6/c16-10-4-5-22-12(8-20-13(22)7-10)14(23)21-11-3-1-2-9(6-11)15(17,18)19;1-2/h1-8H,(H,21,23);1-2H3. The van der Waals surface area contributed by atoms with Crippen molar-refractivity contribution in [2.24, 2.45) is 0 Å². The van der Waals surface area contributed by atoms with Crippen molar-refractivity contribution in [2.75, 3.05) is 5.32 Å². The largest absolute Gasteiger partial charge is 0.416 e. The monoisotopic (exact) mass is 413 g/mol. The Morgan fingerprint density at radius 2 is 1.92 bits per heavy atom. The van der Waals surface area contributed by atoms with E-state index in [1.54, 1.807) is 22.7 Å². The van der Waals surface area contributed by atoms with Crippen molar-refractivity contribution in [2.45, 2.75) is 20.0 Å². The minimum Gasteiger partial charge on any atom is -0.321 e. The minimum atomic E-state index is -4.46. The molecule has 0 saturated carbocycles. The smallest absolute Gasteiger partial charge is 0.321 e. The first-order valence-electron chi connectivity index (χ1n) is 7.46. The van der Waals surface area contributed by atoms with Gasteiger partial charge in [0.25, 0.3) is 5.91 Å². The van der Waals surface area contributed by atoms with Gasteiger partial charge in [0.2, 0.25) is 0 Å². The van der Waals surface area contributed by atoms with Gasteiger partial charge in [0.15, 0.2) is 0 Å². The number of carbonyl (C=O) groups excluding carboxylic acids is 1. The molecule has 1 aromatic carbocycles. The van der Waals surface area contributed by atoms with E-state index in [4.69, 9.17) is 0 Å². The Hall–Kier alpha value is -2.35. The molecule has 3 aromatic rings. The van der Waals surface area contributed by atoms with Gasteiger partial charge < -0.3 is 5.32 Å². The molecule has 0 unspecified atom stereocenters. The van der Waals surface area contributed by atoms with Crippen molar-refractivity contribution in [3.63, 3.8) is 0 Å². The van der Waals surface area contributed by atoms with E-state index >= 15 is 0 Å². The summed E-state index contributed by atoms with van der Waals surface area (Å²) in [7, 11) is 0. The highest BCUT2D eigenvalue weighted by Gasteiger charge is 2.30. The molecule has 0 atom stereocenters. The summed E-state index contributed by atoms with van der Waals surface area (Å²) in [6.07, 6.45) is -1.45. The lowest BCUT2D eigenvalue weighted by molar-refractivity contribution is -0.137. The van der Waals surface area contributed by atoms with E-state index in [-0.39, 0.29) is 11.4 Å². The Morgan fingerprint density at radius 1 is 1.20 bits per heavy atom. The van der Waals surface area contributed by atoms with Gasteiger partial charge in [-0.1, -0.05) is 35.8 Å². The number of aromatic nitrogens is 2. The molecule has 8 heteroatoms. The Bertz CT molecular complexity index is 890. The maximum Gasteiger partial charge on any atom is 0.416 e. The number of halogens is 4. The molecule has 0 bridgehead atoms. The van der Waals surface area contributed by atoms with Crippen LogP contribution < -0.4 is 5.32 Å². The average molecular weight is 414 g/mol. The third-order valence-corrected chi connectivity index (χ3v) is 3.65. The van der Waals surface area contributed by atoms with Gasteiger partial charge in [0, 0.05) is 16.4 Å². The number of amides is 1. The van der Waals surface area contributed by atoms with Crippen LogP contribution >= 0.6 is 15.9 Å². The summed E-state index contributed by atoms with van der Waals surface area (Å²) < 4.78 is 40.4. The summed E-state index contributed by atoms with van der Waals surface area (Å²) in [6.45, 7) is 4.00. The Morgan fingerprint density at radius 3 is 2.60 bits per heavy atom. The minimum absolute atomic E-state index is 0.0666. The maximum absolute atomic E-state index is 12.7. The third-order valence-electron chi connectivity index (χ3n) is 3.16. The van der Waals surface area contributed by atoms with Crippen LogP contribution in [0.3, 0.4) is 0 Å². The lowest BCUT2D eigenvalue weighted by Crippen LogP contribution is -2.15. The van der Waals surface area contributed by atoms with Crippen LogP contribution in [0.2, 0.25) is 0 Å². The predicted molar refractivity (Wildman–Crippen MR) is 93.6 cm³/mol. The molecule has 1 amide bonds. The van der Waals surface area contributed by atoms with E-state index in [0.29, 0.717) is 5.65 Å². The molecule has 0 aliphatic carbocycles. The van der Waals surface area contributed by atoms with Crippen LogP contribution in [0.15, 0.2) is 53.3 Å². The molecule has 1 N–H and O–H groups in total. The van der Waals surface area contributed by atoms with Crippen molar-refractivity contribution in [1.82, 2.24) is 9.38 Å². The van der Waals surface area contributed by atoms with E-state index in [0.717, 1.165) is 16.6 Å². The summed E-state index contributed by atoms with van der Waals surface area (Å²) in [5.74, 6) is -0.542. The number of alkyl halides is 3.